The molecule has 2 rings (SSSR count). The van der Waals surface area contributed by atoms with Crippen molar-refractivity contribution in [2.45, 2.75) is 25.9 Å². The van der Waals surface area contributed by atoms with Crippen molar-refractivity contribution in [1.29, 1.82) is 0 Å². The molecular formula is C16H23NO4. The summed E-state index contributed by atoms with van der Waals surface area (Å²) in [5.41, 5.74) is 1.11. The van der Waals surface area contributed by atoms with E-state index in [2.05, 4.69) is 0 Å². The molecular weight excluding hydrogens is 270 g/mol. The van der Waals surface area contributed by atoms with Gasteiger partial charge in [-0.2, -0.15) is 0 Å². The smallest absolute Gasteiger partial charge is 0.260 e. The van der Waals surface area contributed by atoms with Crippen LogP contribution in [0.3, 0.4) is 0 Å². The summed E-state index contributed by atoms with van der Waals surface area (Å²) in [7, 11) is 0. The third kappa shape index (κ3) is 5.02. The first-order chi connectivity index (χ1) is 10.2. The summed E-state index contributed by atoms with van der Waals surface area (Å²) >= 11 is 0. The number of aliphatic hydroxyl groups is 1. The van der Waals surface area contributed by atoms with Gasteiger partial charge in [0.05, 0.1) is 19.3 Å². The quantitative estimate of drug-likeness (QED) is 0.860. The molecule has 0 spiro atoms. The molecule has 1 aromatic rings. The van der Waals surface area contributed by atoms with E-state index in [1.807, 2.05) is 36.1 Å². The van der Waals surface area contributed by atoms with Crippen molar-refractivity contribution in [2.75, 3.05) is 32.9 Å². The molecule has 1 heterocycles. The summed E-state index contributed by atoms with van der Waals surface area (Å²) in [5, 5.41) is 8.73. The summed E-state index contributed by atoms with van der Waals surface area (Å²) in [6.07, 6.45) is 1.78. The van der Waals surface area contributed by atoms with Crippen LogP contribution in [0.2, 0.25) is 0 Å². The van der Waals surface area contributed by atoms with Gasteiger partial charge in [-0.25, -0.2) is 0 Å². The Balaban J connectivity index is 1.72. The second-order valence-corrected chi connectivity index (χ2v) is 5.28. The predicted molar refractivity (Wildman–Crippen MR) is 79.3 cm³/mol. The molecule has 1 aliphatic heterocycles. The summed E-state index contributed by atoms with van der Waals surface area (Å²) in [6, 6.07) is 7.68. The van der Waals surface area contributed by atoms with Gasteiger partial charge < -0.3 is 19.5 Å². The fourth-order valence-electron chi connectivity index (χ4n) is 2.43. The topological polar surface area (TPSA) is 59.0 Å². The molecule has 5 heteroatoms. The van der Waals surface area contributed by atoms with Gasteiger partial charge in [0.1, 0.15) is 5.75 Å². The number of nitrogens with zero attached hydrogens (tertiary/aromatic N) is 1. The molecule has 1 fully saturated rings. The number of rotatable bonds is 6. The Bertz CT molecular complexity index is 455. The Labute approximate surface area is 125 Å². The van der Waals surface area contributed by atoms with Crippen LogP contribution < -0.4 is 4.74 Å². The molecule has 0 aromatic heterocycles. The molecule has 1 N–H and O–H groups in total. The number of carbonyl (C=O) groups excluding carboxylic acids is 1. The van der Waals surface area contributed by atoms with Crippen LogP contribution in [-0.2, 0) is 9.53 Å². The van der Waals surface area contributed by atoms with Gasteiger partial charge in [0.2, 0.25) is 0 Å². The molecule has 0 bridgehead atoms. The number of ether oxygens (including phenoxy) is 2. The average Bonchev–Trinajstić information content (AvgIpc) is 2.51. The molecule has 0 atom stereocenters. The van der Waals surface area contributed by atoms with Crippen LogP contribution in [0, 0.1) is 6.92 Å². The van der Waals surface area contributed by atoms with E-state index in [1.165, 1.54) is 0 Å². The highest BCUT2D eigenvalue weighted by Crippen LogP contribution is 2.15. The van der Waals surface area contributed by atoms with Crippen molar-refractivity contribution >= 4 is 5.91 Å². The molecule has 1 aliphatic rings. The number of aryl methyl sites for hydroxylation is 1. The zero-order chi connectivity index (χ0) is 15.1. The number of benzene rings is 1. The monoisotopic (exact) mass is 293 g/mol. The van der Waals surface area contributed by atoms with Crippen molar-refractivity contribution in [2.24, 2.45) is 0 Å². The Kier molecular flexibility index (Phi) is 6.02. The molecule has 0 saturated carbocycles. The van der Waals surface area contributed by atoms with Crippen LogP contribution >= 0.6 is 0 Å². The van der Waals surface area contributed by atoms with E-state index in [0.29, 0.717) is 19.7 Å². The lowest BCUT2D eigenvalue weighted by molar-refractivity contribution is -0.136. The fraction of sp³-hybridized carbons (Fsp3) is 0.562. The highest BCUT2D eigenvalue weighted by atomic mass is 16.5. The van der Waals surface area contributed by atoms with Gasteiger partial charge in [0.25, 0.3) is 5.91 Å². The first kappa shape index (κ1) is 15.8. The van der Waals surface area contributed by atoms with E-state index in [0.717, 1.165) is 24.2 Å². The van der Waals surface area contributed by atoms with Gasteiger partial charge in [-0.05, 0) is 37.5 Å². The van der Waals surface area contributed by atoms with Gasteiger partial charge in [0.15, 0.2) is 6.61 Å². The second kappa shape index (κ2) is 8.00. The number of likely N-dealkylation sites (tertiary alicyclic amines) is 1. The number of piperidine rings is 1. The van der Waals surface area contributed by atoms with E-state index in [-0.39, 0.29) is 25.2 Å². The molecule has 0 aliphatic carbocycles. The van der Waals surface area contributed by atoms with Crippen LogP contribution in [0.25, 0.3) is 0 Å². The Hall–Kier alpha value is -1.59. The summed E-state index contributed by atoms with van der Waals surface area (Å²) in [6.45, 7) is 3.86. The maximum atomic E-state index is 12.1. The number of amides is 1. The summed E-state index contributed by atoms with van der Waals surface area (Å²) in [4.78, 5) is 13.9. The first-order valence-corrected chi connectivity index (χ1v) is 7.39. The van der Waals surface area contributed by atoms with E-state index >= 15 is 0 Å². The van der Waals surface area contributed by atoms with Crippen molar-refractivity contribution in [3.63, 3.8) is 0 Å². The van der Waals surface area contributed by atoms with Crippen molar-refractivity contribution in [3.05, 3.63) is 29.8 Å². The van der Waals surface area contributed by atoms with Crippen LogP contribution in [0.1, 0.15) is 18.4 Å². The maximum Gasteiger partial charge on any atom is 0.260 e. The minimum atomic E-state index is 0.0112. The predicted octanol–water partition coefficient (Wildman–Crippen LogP) is 1.37. The third-order valence-corrected chi connectivity index (χ3v) is 3.59. The molecule has 0 radical (unpaired) electrons. The Morgan fingerprint density at radius 3 is 2.81 bits per heavy atom. The molecule has 21 heavy (non-hydrogen) atoms. The molecule has 1 amide bonds. The number of carbonyl (C=O) groups is 1. The van der Waals surface area contributed by atoms with E-state index in [1.54, 1.807) is 0 Å². The second-order valence-electron chi connectivity index (χ2n) is 5.28. The van der Waals surface area contributed by atoms with Crippen LogP contribution in [0.5, 0.6) is 5.75 Å². The molecule has 1 saturated heterocycles. The van der Waals surface area contributed by atoms with E-state index in [4.69, 9.17) is 14.6 Å². The van der Waals surface area contributed by atoms with Gasteiger partial charge >= 0.3 is 0 Å². The normalized spacial score (nSPS) is 16.0. The minimum absolute atomic E-state index is 0.0112. The van der Waals surface area contributed by atoms with Gasteiger partial charge in [-0.1, -0.05) is 12.1 Å². The standard InChI is InChI=1S/C16H23NO4/c1-13-3-2-4-15(11-13)21-12-16(19)17-7-5-14(6-8-17)20-10-9-18/h2-4,11,14,18H,5-10,12H2,1H3. The van der Waals surface area contributed by atoms with Crippen molar-refractivity contribution < 1.29 is 19.4 Å². The van der Waals surface area contributed by atoms with Crippen LogP contribution in [-0.4, -0.2) is 54.9 Å². The lowest BCUT2D eigenvalue weighted by atomic mass is 10.1. The van der Waals surface area contributed by atoms with Gasteiger partial charge in [-0.15, -0.1) is 0 Å². The summed E-state index contributed by atoms with van der Waals surface area (Å²) in [5.74, 6) is 0.738. The lowest BCUT2D eigenvalue weighted by Gasteiger charge is -2.31. The molecule has 116 valence electrons. The highest BCUT2D eigenvalue weighted by molar-refractivity contribution is 5.77. The third-order valence-electron chi connectivity index (χ3n) is 3.59. The van der Waals surface area contributed by atoms with E-state index < -0.39 is 0 Å². The van der Waals surface area contributed by atoms with E-state index in [9.17, 15) is 4.79 Å². The van der Waals surface area contributed by atoms with Crippen molar-refractivity contribution in [3.8, 4) is 5.75 Å². The SMILES string of the molecule is Cc1cccc(OCC(=O)N2CCC(OCCO)CC2)c1. The Morgan fingerprint density at radius 1 is 1.38 bits per heavy atom. The van der Waals surface area contributed by atoms with Crippen LogP contribution in [0.15, 0.2) is 24.3 Å². The maximum absolute atomic E-state index is 12.1. The number of hydrogen-bond acceptors (Lipinski definition) is 4. The van der Waals surface area contributed by atoms with Crippen molar-refractivity contribution in [1.82, 2.24) is 4.90 Å². The zero-order valence-corrected chi connectivity index (χ0v) is 12.5. The average molecular weight is 293 g/mol. The fourth-order valence-corrected chi connectivity index (χ4v) is 2.43. The Morgan fingerprint density at radius 2 is 2.14 bits per heavy atom. The minimum Gasteiger partial charge on any atom is -0.484 e. The van der Waals surface area contributed by atoms with Gasteiger partial charge in [0, 0.05) is 13.1 Å². The largest absolute Gasteiger partial charge is 0.484 e. The van der Waals surface area contributed by atoms with Gasteiger partial charge in [-0.3, -0.25) is 4.79 Å². The molecule has 0 unspecified atom stereocenters. The van der Waals surface area contributed by atoms with Crippen LogP contribution in [0.4, 0.5) is 0 Å². The molecule has 1 aromatic carbocycles. The lowest BCUT2D eigenvalue weighted by Crippen LogP contribution is -2.43. The first-order valence-electron chi connectivity index (χ1n) is 7.39. The molecule has 5 nitrogen and oxygen atoms in total. The number of hydrogen-bond donors (Lipinski definition) is 1. The highest BCUT2D eigenvalue weighted by Gasteiger charge is 2.23. The number of aliphatic hydroxyl groups excluding tert-OH is 1. The zero-order valence-electron chi connectivity index (χ0n) is 12.5. The summed E-state index contributed by atoms with van der Waals surface area (Å²) < 4.78 is 11.0.